The fourth-order valence-electron chi connectivity index (χ4n) is 3.90. The number of hydrogen-bond donors (Lipinski definition) is 0. The van der Waals surface area contributed by atoms with Crippen molar-refractivity contribution in [2.24, 2.45) is 5.92 Å². The predicted molar refractivity (Wildman–Crippen MR) is 105 cm³/mol. The lowest BCUT2D eigenvalue weighted by molar-refractivity contribution is -0.129. The molecule has 3 aromatic rings. The number of benzene rings is 1. The molecule has 2 aromatic heterocycles. The summed E-state index contributed by atoms with van der Waals surface area (Å²) in [6.45, 7) is 5.23. The van der Waals surface area contributed by atoms with Crippen molar-refractivity contribution in [2.45, 2.75) is 33.1 Å². The van der Waals surface area contributed by atoms with Crippen molar-refractivity contribution in [3.63, 3.8) is 0 Å². The lowest BCUT2D eigenvalue weighted by atomic mass is 10.0. The molecule has 1 aliphatic heterocycles. The third-order valence-corrected chi connectivity index (χ3v) is 5.42. The fraction of sp³-hybridized carbons (Fsp3) is 0.364. The quantitative estimate of drug-likeness (QED) is 0.662. The summed E-state index contributed by atoms with van der Waals surface area (Å²) in [4.78, 5) is 23.3. The number of aryl methyl sites for hydroxylation is 2. The van der Waals surface area contributed by atoms with Gasteiger partial charge in [0.2, 0.25) is 5.91 Å². The number of halogens is 1. The minimum Gasteiger partial charge on any atom is -0.361 e. The maximum Gasteiger partial charge on any atom is 0.226 e. The molecule has 0 bridgehead atoms. The first-order valence-corrected chi connectivity index (χ1v) is 9.76. The molecule has 3 heterocycles. The average Bonchev–Trinajstić information content (AvgIpc) is 3.30. The van der Waals surface area contributed by atoms with E-state index >= 15 is 0 Å². The zero-order valence-corrected chi connectivity index (χ0v) is 16.6. The van der Waals surface area contributed by atoms with Gasteiger partial charge in [0.1, 0.15) is 17.9 Å². The Hall–Kier alpha value is -3.09. The molecule has 1 fully saturated rings. The van der Waals surface area contributed by atoms with Gasteiger partial charge in [-0.3, -0.25) is 4.79 Å². The van der Waals surface area contributed by atoms with E-state index in [2.05, 4.69) is 15.1 Å². The Morgan fingerprint density at radius 2 is 2.03 bits per heavy atom. The molecule has 1 amide bonds. The first-order chi connectivity index (χ1) is 14.0. The lowest BCUT2D eigenvalue weighted by Gasteiger charge is -2.16. The van der Waals surface area contributed by atoms with Crippen LogP contribution in [-0.4, -0.2) is 39.0 Å². The van der Waals surface area contributed by atoms with Crippen molar-refractivity contribution in [3.05, 3.63) is 65.2 Å². The predicted octanol–water partition coefficient (Wildman–Crippen LogP) is 3.52. The second kappa shape index (κ2) is 8.11. The van der Waals surface area contributed by atoms with E-state index < -0.39 is 0 Å². The molecule has 29 heavy (non-hydrogen) atoms. The average molecular weight is 394 g/mol. The van der Waals surface area contributed by atoms with Crippen LogP contribution in [0.15, 0.2) is 41.2 Å². The van der Waals surface area contributed by atoms with Gasteiger partial charge >= 0.3 is 0 Å². The number of nitrogens with zero attached hydrogens (tertiary/aromatic N) is 4. The molecule has 1 aliphatic rings. The first kappa shape index (κ1) is 19.2. The van der Waals surface area contributed by atoms with E-state index in [1.807, 2.05) is 24.8 Å². The van der Waals surface area contributed by atoms with Gasteiger partial charge in [-0.1, -0.05) is 17.3 Å². The largest absolute Gasteiger partial charge is 0.361 e. The van der Waals surface area contributed by atoms with E-state index in [0.717, 1.165) is 53.4 Å². The van der Waals surface area contributed by atoms with Gasteiger partial charge in [-0.05, 0) is 56.4 Å². The molecule has 6 nitrogen and oxygen atoms in total. The van der Waals surface area contributed by atoms with E-state index in [4.69, 9.17) is 4.52 Å². The molecule has 0 aliphatic carbocycles. The van der Waals surface area contributed by atoms with Crippen LogP contribution in [0.25, 0.3) is 11.3 Å². The number of rotatable bonds is 5. The van der Waals surface area contributed by atoms with Crippen molar-refractivity contribution in [2.75, 3.05) is 13.1 Å². The van der Waals surface area contributed by atoms with E-state index in [9.17, 15) is 9.18 Å². The summed E-state index contributed by atoms with van der Waals surface area (Å²) in [5.74, 6) is 0.895. The Morgan fingerprint density at radius 1 is 1.24 bits per heavy atom. The van der Waals surface area contributed by atoms with Crippen LogP contribution in [-0.2, 0) is 17.6 Å². The van der Waals surface area contributed by atoms with Crippen LogP contribution in [0.5, 0.6) is 0 Å². The van der Waals surface area contributed by atoms with Gasteiger partial charge in [0.05, 0.1) is 23.4 Å². The van der Waals surface area contributed by atoms with Crippen LogP contribution >= 0.6 is 0 Å². The zero-order chi connectivity index (χ0) is 20.4. The van der Waals surface area contributed by atoms with Crippen LogP contribution in [0.2, 0.25) is 0 Å². The number of likely N-dealkylation sites (tertiary alicyclic amines) is 1. The minimum atomic E-state index is -0.289. The van der Waals surface area contributed by atoms with Gasteiger partial charge in [0.15, 0.2) is 0 Å². The third-order valence-electron chi connectivity index (χ3n) is 5.42. The maximum atomic E-state index is 13.0. The van der Waals surface area contributed by atoms with Crippen molar-refractivity contribution in [1.29, 1.82) is 0 Å². The van der Waals surface area contributed by atoms with E-state index in [-0.39, 0.29) is 11.7 Å². The fourth-order valence-corrected chi connectivity index (χ4v) is 3.90. The van der Waals surface area contributed by atoms with Crippen LogP contribution in [0.4, 0.5) is 4.39 Å². The van der Waals surface area contributed by atoms with Gasteiger partial charge in [-0.2, -0.15) is 0 Å². The van der Waals surface area contributed by atoms with Crippen molar-refractivity contribution in [3.8, 4) is 11.3 Å². The van der Waals surface area contributed by atoms with Crippen LogP contribution in [0.1, 0.15) is 29.1 Å². The summed E-state index contributed by atoms with van der Waals surface area (Å²) in [7, 11) is 0. The Kier molecular flexibility index (Phi) is 5.38. The van der Waals surface area contributed by atoms with Crippen molar-refractivity contribution < 1.29 is 13.7 Å². The molecule has 0 radical (unpaired) electrons. The molecule has 0 spiro atoms. The van der Waals surface area contributed by atoms with Crippen molar-refractivity contribution in [1.82, 2.24) is 20.0 Å². The Morgan fingerprint density at radius 3 is 2.76 bits per heavy atom. The highest BCUT2D eigenvalue weighted by Crippen LogP contribution is 2.27. The summed E-state index contributed by atoms with van der Waals surface area (Å²) in [5.41, 5.74) is 4.32. The Balaban J connectivity index is 1.38. The van der Waals surface area contributed by atoms with Gasteiger partial charge in [-0.15, -0.1) is 0 Å². The highest BCUT2D eigenvalue weighted by Gasteiger charge is 2.27. The SMILES string of the molecule is Cc1noc(C)c1-c1cc(C[C@@H]2CCN(C(=O)Cc3ccc(F)cc3)C2)ncn1. The van der Waals surface area contributed by atoms with Gasteiger partial charge < -0.3 is 9.42 Å². The summed E-state index contributed by atoms with van der Waals surface area (Å²) in [5, 5.41) is 3.99. The molecule has 0 N–H and O–H groups in total. The van der Waals surface area contributed by atoms with Crippen LogP contribution in [0.3, 0.4) is 0 Å². The van der Waals surface area contributed by atoms with E-state index in [1.165, 1.54) is 12.1 Å². The van der Waals surface area contributed by atoms with E-state index in [0.29, 0.717) is 18.9 Å². The number of amides is 1. The van der Waals surface area contributed by atoms with Gasteiger partial charge in [0.25, 0.3) is 0 Å². The normalized spacial score (nSPS) is 16.4. The van der Waals surface area contributed by atoms with Gasteiger partial charge in [0, 0.05) is 18.8 Å². The number of hydrogen-bond acceptors (Lipinski definition) is 5. The molecule has 1 aromatic carbocycles. The zero-order valence-electron chi connectivity index (χ0n) is 16.6. The molecular weight excluding hydrogens is 371 g/mol. The summed E-state index contributed by atoms with van der Waals surface area (Å²) < 4.78 is 18.3. The molecule has 1 saturated heterocycles. The summed E-state index contributed by atoms with van der Waals surface area (Å²) >= 11 is 0. The Labute approximate surface area is 168 Å². The molecule has 0 unspecified atom stereocenters. The van der Waals surface area contributed by atoms with Crippen LogP contribution < -0.4 is 0 Å². The number of carbonyl (C=O) groups excluding carboxylic acids is 1. The lowest BCUT2D eigenvalue weighted by Crippen LogP contribution is -2.30. The highest BCUT2D eigenvalue weighted by molar-refractivity contribution is 5.79. The summed E-state index contributed by atoms with van der Waals surface area (Å²) in [6.07, 6.45) is 3.61. The third kappa shape index (κ3) is 4.34. The standard InChI is InChI=1S/C22H23FN4O2/c1-14-22(15(2)29-26-14)20-11-19(24-13-25-20)9-17-7-8-27(12-17)21(28)10-16-3-5-18(23)6-4-16/h3-6,11,13,17H,7-10,12H2,1-2H3/t17-/m0/s1. The molecule has 1 atom stereocenters. The molecular formula is C22H23FN4O2. The van der Waals surface area contributed by atoms with Crippen LogP contribution in [0, 0.1) is 25.6 Å². The van der Waals surface area contributed by atoms with E-state index in [1.54, 1.807) is 18.5 Å². The Bertz CT molecular complexity index is 996. The number of aromatic nitrogens is 3. The highest BCUT2D eigenvalue weighted by atomic mass is 19.1. The molecule has 4 rings (SSSR count). The van der Waals surface area contributed by atoms with Gasteiger partial charge in [-0.25, -0.2) is 14.4 Å². The minimum absolute atomic E-state index is 0.0817. The summed E-state index contributed by atoms with van der Waals surface area (Å²) in [6, 6.07) is 8.09. The first-order valence-electron chi connectivity index (χ1n) is 9.76. The monoisotopic (exact) mass is 394 g/mol. The molecule has 150 valence electrons. The molecule has 7 heteroatoms. The maximum absolute atomic E-state index is 13.0. The number of carbonyl (C=O) groups is 1. The molecule has 0 saturated carbocycles. The second-order valence-corrected chi connectivity index (χ2v) is 7.60. The van der Waals surface area contributed by atoms with Crippen molar-refractivity contribution >= 4 is 5.91 Å². The second-order valence-electron chi connectivity index (χ2n) is 7.60. The smallest absolute Gasteiger partial charge is 0.226 e. The topological polar surface area (TPSA) is 72.1 Å².